The molecule has 0 aliphatic rings. The van der Waals surface area contributed by atoms with Crippen LogP contribution in [0.1, 0.15) is 0 Å². The quantitative estimate of drug-likeness (QED) is 0.568. The molecule has 0 amide bonds. The Morgan fingerprint density at radius 1 is 1.17 bits per heavy atom. The summed E-state index contributed by atoms with van der Waals surface area (Å²) in [5.41, 5.74) is 1.62. The van der Waals surface area contributed by atoms with Gasteiger partial charge in [0.15, 0.2) is 5.65 Å². The molecule has 2 aromatic rings. The highest BCUT2D eigenvalue weighted by molar-refractivity contribution is 7.71. The van der Waals surface area contributed by atoms with Gasteiger partial charge < -0.3 is 9.13 Å². The van der Waals surface area contributed by atoms with Crippen molar-refractivity contribution in [3.8, 4) is 0 Å². The van der Waals surface area contributed by atoms with Gasteiger partial charge in [-0.25, -0.2) is 9.97 Å². The van der Waals surface area contributed by atoms with Crippen LogP contribution in [0.2, 0.25) is 0 Å². The maximum atomic E-state index is 5.16. The van der Waals surface area contributed by atoms with E-state index in [9.17, 15) is 0 Å². The summed E-state index contributed by atoms with van der Waals surface area (Å²) in [5.74, 6) is 0. The first-order chi connectivity index (χ1) is 5.70. The molecule has 5 heteroatoms. The standard InChI is InChI=1S/C7H8N4S/c1-10-3-8-5-6(10)9-4-11(2)7(5)12/h3-4H,1-2H3. The molecule has 0 aliphatic heterocycles. The molecule has 4 nitrogen and oxygen atoms in total. The lowest BCUT2D eigenvalue weighted by Crippen LogP contribution is -1.96. The van der Waals surface area contributed by atoms with Crippen LogP contribution in [0, 0.1) is 4.64 Å². The fourth-order valence-electron chi connectivity index (χ4n) is 1.09. The third kappa shape index (κ3) is 0.863. The second-order valence-corrected chi connectivity index (χ2v) is 3.08. The van der Waals surface area contributed by atoms with Crippen LogP contribution in [0.4, 0.5) is 0 Å². The summed E-state index contributed by atoms with van der Waals surface area (Å²) in [6.07, 6.45) is 3.42. The lowest BCUT2D eigenvalue weighted by molar-refractivity contribution is 0.852. The van der Waals surface area contributed by atoms with E-state index in [4.69, 9.17) is 12.2 Å². The Balaban J connectivity index is 3.03. The van der Waals surface area contributed by atoms with E-state index in [1.165, 1.54) is 0 Å². The Labute approximate surface area is 74.5 Å². The third-order valence-corrected chi connectivity index (χ3v) is 2.26. The van der Waals surface area contributed by atoms with Crippen LogP contribution in [-0.2, 0) is 14.1 Å². The number of aryl methyl sites for hydroxylation is 2. The van der Waals surface area contributed by atoms with Crippen molar-refractivity contribution in [1.82, 2.24) is 19.1 Å². The molecule has 0 atom stereocenters. The average Bonchev–Trinajstić information content (AvgIpc) is 2.41. The first-order valence-electron chi connectivity index (χ1n) is 3.53. The monoisotopic (exact) mass is 180 g/mol. The summed E-state index contributed by atoms with van der Waals surface area (Å²) in [5, 5.41) is 0. The summed E-state index contributed by atoms with van der Waals surface area (Å²) in [4.78, 5) is 8.35. The van der Waals surface area contributed by atoms with Crippen molar-refractivity contribution >= 4 is 23.4 Å². The molecule has 12 heavy (non-hydrogen) atoms. The van der Waals surface area contributed by atoms with E-state index in [1.54, 1.807) is 17.2 Å². The van der Waals surface area contributed by atoms with Crippen LogP contribution >= 0.6 is 12.2 Å². The molecule has 0 fully saturated rings. The number of hydrogen-bond acceptors (Lipinski definition) is 3. The number of nitrogens with zero attached hydrogens (tertiary/aromatic N) is 4. The van der Waals surface area contributed by atoms with Crippen LogP contribution in [0.5, 0.6) is 0 Å². The largest absolute Gasteiger partial charge is 0.325 e. The molecular weight excluding hydrogens is 172 g/mol. The first-order valence-corrected chi connectivity index (χ1v) is 3.93. The Kier molecular flexibility index (Phi) is 1.47. The van der Waals surface area contributed by atoms with Gasteiger partial charge in [0, 0.05) is 14.1 Å². The van der Waals surface area contributed by atoms with Crippen molar-refractivity contribution in [2.45, 2.75) is 0 Å². The molecule has 0 aliphatic carbocycles. The van der Waals surface area contributed by atoms with Crippen molar-refractivity contribution < 1.29 is 0 Å². The summed E-state index contributed by atoms with van der Waals surface area (Å²) < 4.78 is 4.36. The number of aromatic nitrogens is 4. The molecule has 0 saturated heterocycles. The van der Waals surface area contributed by atoms with Crippen LogP contribution in [0.25, 0.3) is 11.2 Å². The normalized spacial score (nSPS) is 10.8. The fraction of sp³-hybridized carbons (Fsp3) is 0.286. The molecule has 0 spiro atoms. The van der Waals surface area contributed by atoms with E-state index in [-0.39, 0.29) is 0 Å². The van der Waals surface area contributed by atoms with Gasteiger partial charge in [0.2, 0.25) is 0 Å². The maximum absolute atomic E-state index is 5.16. The van der Waals surface area contributed by atoms with Gasteiger partial charge in [-0.3, -0.25) is 0 Å². The van der Waals surface area contributed by atoms with Crippen molar-refractivity contribution in [1.29, 1.82) is 0 Å². The smallest absolute Gasteiger partial charge is 0.164 e. The highest BCUT2D eigenvalue weighted by Crippen LogP contribution is 2.08. The minimum atomic E-state index is 0.723. The lowest BCUT2D eigenvalue weighted by atomic mass is 10.5. The number of fused-ring (bicyclic) bond motifs is 1. The van der Waals surface area contributed by atoms with Crippen LogP contribution in [-0.4, -0.2) is 19.1 Å². The van der Waals surface area contributed by atoms with Gasteiger partial charge in [-0.05, 0) is 0 Å². The van der Waals surface area contributed by atoms with Gasteiger partial charge in [-0.1, -0.05) is 12.2 Å². The Hall–Kier alpha value is -1.23. The molecule has 0 bridgehead atoms. The molecule has 2 heterocycles. The highest BCUT2D eigenvalue weighted by atomic mass is 32.1. The predicted molar refractivity (Wildman–Crippen MR) is 48.3 cm³/mol. The van der Waals surface area contributed by atoms with E-state index in [0.29, 0.717) is 0 Å². The molecular formula is C7H8N4S. The van der Waals surface area contributed by atoms with Gasteiger partial charge in [-0.15, -0.1) is 0 Å². The second-order valence-electron chi connectivity index (χ2n) is 2.69. The lowest BCUT2D eigenvalue weighted by Gasteiger charge is -1.97. The van der Waals surface area contributed by atoms with Crippen molar-refractivity contribution in [2.75, 3.05) is 0 Å². The van der Waals surface area contributed by atoms with E-state index in [2.05, 4.69) is 9.97 Å². The first kappa shape index (κ1) is 7.42. The summed E-state index contributed by atoms with van der Waals surface area (Å²) in [7, 11) is 3.76. The summed E-state index contributed by atoms with van der Waals surface area (Å²) >= 11 is 5.16. The van der Waals surface area contributed by atoms with Gasteiger partial charge in [-0.2, -0.15) is 0 Å². The van der Waals surface area contributed by atoms with Gasteiger partial charge in [0.05, 0.1) is 12.7 Å². The van der Waals surface area contributed by atoms with Gasteiger partial charge in [0.25, 0.3) is 0 Å². The molecule has 2 aromatic heterocycles. The van der Waals surface area contributed by atoms with E-state index < -0.39 is 0 Å². The second kappa shape index (κ2) is 2.38. The molecule has 0 unspecified atom stereocenters. The minimum absolute atomic E-state index is 0.723. The maximum Gasteiger partial charge on any atom is 0.164 e. The molecule has 62 valence electrons. The highest BCUT2D eigenvalue weighted by Gasteiger charge is 2.02. The Morgan fingerprint density at radius 3 is 2.58 bits per heavy atom. The number of rotatable bonds is 0. The Morgan fingerprint density at radius 2 is 1.83 bits per heavy atom. The van der Waals surface area contributed by atoms with Gasteiger partial charge in [0.1, 0.15) is 10.2 Å². The SMILES string of the molecule is Cn1cnc2c(ncn2C)c1=S. The summed E-state index contributed by atoms with van der Waals surface area (Å²) in [6.45, 7) is 0. The topological polar surface area (TPSA) is 35.6 Å². The third-order valence-electron chi connectivity index (χ3n) is 1.78. The molecule has 2 rings (SSSR count). The molecule has 0 radical (unpaired) electrons. The zero-order chi connectivity index (χ0) is 8.72. The van der Waals surface area contributed by atoms with E-state index >= 15 is 0 Å². The predicted octanol–water partition coefficient (Wildman–Crippen LogP) is 1.04. The van der Waals surface area contributed by atoms with E-state index in [1.807, 2.05) is 18.7 Å². The van der Waals surface area contributed by atoms with Gasteiger partial charge >= 0.3 is 0 Å². The zero-order valence-corrected chi connectivity index (χ0v) is 7.67. The van der Waals surface area contributed by atoms with Crippen LogP contribution in [0.15, 0.2) is 12.7 Å². The van der Waals surface area contributed by atoms with Crippen LogP contribution < -0.4 is 0 Å². The van der Waals surface area contributed by atoms with Crippen molar-refractivity contribution in [3.05, 3.63) is 17.3 Å². The zero-order valence-electron chi connectivity index (χ0n) is 6.85. The van der Waals surface area contributed by atoms with Crippen LogP contribution in [0.3, 0.4) is 0 Å². The number of hydrogen-bond donors (Lipinski definition) is 0. The average molecular weight is 180 g/mol. The minimum Gasteiger partial charge on any atom is -0.325 e. The molecule has 0 N–H and O–H groups in total. The van der Waals surface area contributed by atoms with E-state index in [0.717, 1.165) is 15.8 Å². The van der Waals surface area contributed by atoms with Crippen molar-refractivity contribution in [3.63, 3.8) is 0 Å². The fourth-order valence-corrected chi connectivity index (χ4v) is 1.28. The number of imidazole rings is 1. The molecule has 0 aromatic carbocycles. The molecule has 0 saturated carbocycles. The Bertz CT molecular complexity index is 482. The van der Waals surface area contributed by atoms with Crippen molar-refractivity contribution in [2.24, 2.45) is 14.1 Å². The summed E-state index contributed by atoms with van der Waals surface area (Å²) in [6, 6.07) is 0.